The van der Waals surface area contributed by atoms with Crippen LogP contribution in [0.2, 0.25) is 0 Å². The van der Waals surface area contributed by atoms with E-state index >= 15 is 0 Å². The van der Waals surface area contributed by atoms with Gasteiger partial charge in [-0.1, -0.05) is 0 Å². The molecule has 1 aromatic heterocycles. The van der Waals surface area contributed by atoms with E-state index < -0.39 is 0 Å². The van der Waals surface area contributed by atoms with Gasteiger partial charge >= 0.3 is 0 Å². The van der Waals surface area contributed by atoms with Crippen LogP contribution in [0.4, 0.5) is 0 Å². The van der Waals surface area contributed by atoms with E-state index in [1.54, 1.807) is 10.9 Å². The predicted molar refractivity (Wildman–Crippen MR) is 31.8 cm³/mol. The van der Waals surface area contributed by atoms with Crippen LogP contribution in [0.25, 0.3) is 0 Å². The fourth-order valence-electron chi connectivity index (χ4n) is 0.487. The van der Waals surface area contributed by atoms with E-state index in [2.05, 4.69) is 16.8 Å². The molecular weight excluding hydrogens is 102 g/mol. The second-order valence-electron chi connectivity index (χ2n) is 1.41. The molecule has 3 nitrogen and oxygen atoms in total. The molecule has 0 atom stereocenters. The summed E-state index contributed by atoms with van der Waals surface area (Å²) in [6, 6.07) is 1.85. The lowest BCUT2D eigenvalue weighted by molar-refractivity contribution is 0.643. The van der Waals surface area contributed by atoms with Crippen molar-refractivity contribution in [1.82, 2.24) is 9.78 Å². The lowest BCUT2D eigenvalue weighted by Crippen LogP contribution is -1.93. The molecule has 1 aromatic rings. The fraction of sp³-hybridized carbons (Fsp3) is 0.200. The largest absolute Gasteiger partial charge is 0.278 e. The standard InChI is InChI=1S/C5H7N3/c1-6-5-8-4-2-3-7-8/h2-4H,1,5H2. The Morgan fingerprint density at radius 2 is 2.62 bits per heavy atom. The van der Waals surface area contributed by atoms with Gasteiger partial charge in [0.2, 0.25) is 0 Å². The van der Waals surface area contributed by atoms with Gasteiger partial charge in [0, 0.05) is 12.4 Å². The maximum Gasteiger partial charge on any atom is 0.130 e. The van der Waals surface area contributed by atoms with Crippen LogP contribution in [0, 0.1) is 0 Å². The number of hydrogen-bond donors (Lipinski definition) is 0. The Morgan fingerprint density at radius 1 is 1.75 bits per heavy atom. The molecule has 0 N–H and O–H groups in total. The van der Waals surface area contributed by atoms with Crippen molar-refractivity contribution in [3.05, 3.63) is 18.5 Å². The van der Waals surface area contributed by atoms with Gasteiger partial charge in [0.25, 0.3) is 0 Å². The van der Waals surface area contributed by atoms with E-state index in [-0.39, 0.29) is 0 Å². The maximum absolute atomic E-state index is 3.89. The molecule has 0 saturated heterocycles. The highest BCUT2D eigenvalue weighted by Crippen LogP contribution is 1.81. The van der Waals surface area contributed by atoms with Crippen molar-refractivity contribution < 1.29 is 0 Å². The average Bonchev–Trinajstić information content (AvgIpc) is 2.19. The summed E-state index contributed by atoms with van der Waals surface area (Å²) in [6.45, 7) is 3.87. The minimum absolute atomic E-state index is 0.549. The van der Waals surface area contributed by atoms with Crippen molar-refractivity contribution in [2.45, 2.75) is 6.67 Å². The van der Waals surface area contributed by atoms with Gasteiger partial charge in [-0.3, -0.25) is 9.67 Å². The normalized spacial score (nSPS) is 9.00. The molecule has 8 heavy (non-hydrogen) atoms. The average molecular weight is 109 g/mol. The van der Waals surface area contributed by atoms with Crippen LogP contribution < -0.4 is 0 Å². The highest BCUT2D eigenvalue weighted by molar-refractivity contribution is 5.22. The highest BCUT2D eigenvalue weighted by atomic mass is 15.3. The molecule has 1 heterocycles. The van der Waals surface area contributed by atoms with E-state index in [1.807, 2.05) is 12.3 Å². The number of rotatable bonds is 2. The summed E-state index contributed by atoms with van der Waals surface area (Å²) in [7, 11) is 0. The fourth-order valence-corrected chi connectivity index (χ4v) is 0.487. The molecule has 1 rings (SSSR count). The molecule has 0 bridgehead atoms. The monoisotopic (exact) mass is 109 g/mol. The van der Waals surface area contributed by atoms with Crippen LogP contribution in [0.15, 0.2) is 23.5 Å². The Balaban J connectivity index is 2.62. The third-order valence-electron chi connectivity index (χ3n) is 0.804. The van der Waals surface area contributed by atoms with E-state index in [9.17, 15) is 0 Å². The summed E-state index contributed by atoms with van der Waals surface area (Å²) in [5, 5.41) is 3.89. The third-order valence-corrected chi connectivity index (χ3v) is 0.804. The summed E-state index contributed by atoms with van der Waals surface area (Å²) in [6.07, 6.45) is 3.56. The van der Waals surface area contributed by atoms with E-state index in [0.717, 1.165) is 0 Å². The van der Waals surface area contributed by atoms with Crippen molar-refractivity contribution in [3.63, 3.8) is 0 Å². The Kier molecular flexibility index (Phi) is 1.42. The van der Waals surface area contributed by atoms with Crippen LogP contribution in [-0.2, 0) is 6.67 Å². The first-order chi connectivity index (χ1) is 3.93. The van der Waals surface area contributed by atoms with Gasteiger partial charge in [0.05, 0.1) is 0 Å². The highest BCUT2D eigenvalue weighted by Gasteiger charge is 1.80. The third kappa shape index (κ3) is 0.932. The van der Waals surface area contributed by atoms with Gasteiger partial charge in [-0.2, -0.15) is 5.10 Å². The lowest BCUT2D eigenvalue weighted by atomic mass is 10.8. The summed E-state index contributed by atoms with van der Waals surface area (Å²) in [5.41, 5.74) is 0. The molecule has 42 valence electrons. The topological polar surface area (TPSA) is 30.2 Å². The van der Waals surface area contributed by atoms with Crippen LogP contribution in [0.3, 0.4) is 0 Å². The molecule has 0 aliphatic carbocycles. The summed E-state index contributed by atoms with van der Waals surface area (Å²) in [5.74, 6) is 0. The molecule has 3 heteroatoms. The molecule has 0 amide bonds. The Morgan fingerprint density at radius 3 is 3.12 bits per heavy atom. The van der Waals surface area contributed by atoms with Gasteiger partial charge in [0.1, 0.15) is 6.67 Å². The first kappa shape index (κ1) is 5.03. The van der Waals surface area contributed by atoms with Gasteiger partial charge in [-0.05, 0) is 12.8 Å². The summed E-state index contributed by atoms with van der Waals surface area (Å²) in [4.78, 5) is 3.63. The molecule has 0 aliphatic rings. The van der Waals surface area contributed by atoms with Crippen molar-refractivity contribution >= 4 is 6.72 Å². The zero-order valence-corrected chi connectivity index (χ0v) is 4.49. The molecule has 0 saturated carbocycles. The van der Waals surface area contributed by atoms with Gasteiger partial charge in [-0.25, -0.2) is 0 Å². The lowest BCUT2D eigenvalue weighted by Gasteiger charge is -1.89. The molecule has 0 unspecified atom stereocenters. The SMILES string of the molecule is C=NCn1cccn1. The second kappa shape index (κ2) is 2.26. The van der Waals surface area contributed by atoms with E-state index in [4.69, 9.17) is 0 Å². The van der Waals surface area contributed by atoms with E-state index in [0.29, 0.717) is 6.67 Å². The number of aliphatic imine (C=N–C) groups is 1. The van der Waals surface area contributed by atoms with Crippen LogP contribution in [0.5, 0.6) is 0 Å². The summed E-state index contributed by atoms with van der Waals surface area (Å²) >= 11 is 0. The Hall–Kier alpha value is -1.12. The zero-order valence-electron chi connectivity index (χ0n) is 4.49. The maximum atomic E-state index is 3.89. The quantitative estimate of drug-likeness (QED) is 0.510. The van der Waals surface area contributed by atoms with E-state index in [1.165, 1.54) is 0 Å². The van der Waals surface area contributed by atoms with Crippen molar-refractivity contribution in [1.29, 1.82) is 0 Å². The Labute approximate surface area is 47.7 Å². The van der Waals surface area contributed by atoms with Crippen LogP contribution in [0.1, 0.15) is 0 Å². The van der Waals surface area contributed by atoms with Gasteiger partial charge in [-0.15, -0.1) is 0 Å². The molecule has 0 fully saturated rings. The molecular formula is C5H7N3. The molecule has 0 spiro atoms. The number of aromatic nitrogens is 2. The zero-order chi connectivity index (χ0) is 5.82. The minimum atomic E-state index is 0.549. The van der Waals surface area contributed by atoms with Crippen molar-refractivity contribution in [3.8, 4) is 0 Å². The molecule has 0 aromatic carbocycles. The van der Waals surface area contributed by atoms with Crippen LogP contribution in [-0.4, -0.2) is 16.5 Å². The smallest absolute Gasteiger partial charge is 0.130 e. The number of hydrogen-bond acceptors (Lipinski definition) is 2. The van der Waals surface area contributed by atoms with Gasteiger partial charge in [0.15, 0.2) is 0 Å². The predicted octanol–water partition coefficient (Wildman–Crippen LogP) is 0.541. The number of nitrogens with zero attached hydrogens (tertiary/aromatic N) is 3. The second-order valence-corrected chi connectivity index (χ2v) is 1.41. The minimum Gasteiger partial charge on any atom is -0.278 e. The van der Waals surface area contributed by atoms with Crippen molar-refractivity contribution in [2.24, 2.45) is 4.99 Å². The first-order valence-electron chi connectivity index (χ1n) is 2.33. The molecule has 0 aliphatic heterocycles. The Bertz CT molecular complexity index is 154. The summed E-state index contributed by atoms with van der Waals surface area (Å²) < 4.78 is 1.70. The van der Waals surface area contributed by atoms with Crippen molar-refractivity contribution in [2.75, 3.05) is 0 Å². The van der Waals surface area contributed by atoms with Gasteiger partial charge < -0.3 is 0 Å². The first-order valence-corrected chi connectivity index (χ1v) is 2.33. The van der Waals surface area contributed by atoms with Crippen LogP contribution >= 0.6 is 0 Å². The molecule has 0 radical (unpaired) electrons.